The summed E-state index contributed by atoms with van der Waals surface area (Å²) in [4.78, 5) is 37.7. The van der Waals surface area contributed by atoms with Crippen molar-refractivity contribution in [2.75, 3.05) is 13.2 Å². The number of rotatable bonds is 47. The van der Waals surface area contributed by atoms with Gasteiger partial charge in [0.15, 0.2) is 6.10 Å². The molecule has 0 aliphatic heterocycles. The lowest BCUT2D eigenvalue weighted by Gasteiger charge is -2.18. The Morgan fingerprint density at radius 1 is 0.339 bits per heavy atom. The van der Waals surface area contributed by atoms with Gasteiger partial charge in [-0.05, 0) is 31.1 Å². The first-order valence-corrected chi connectivity index (χ1v) is 26.3. The first-order valence-electron chi connectivity index (χ1n) is 26.3. The van der Waals surface area contributed by atoms with Gasteiger partial charge in [-0.25, -0.2) is 0 Å². The minimum Gasteiger partial charge on any atom is -0.462 e. The number of esters is 3. The Kier molecular flexibility index (Phi) is 44.7. The van der Waals surface area contributed by atoms with E-state index in [1.165, 1.54) is 180 Å². The van der Waals surface area contributed by atoms with Crippen molar-refractivity contribution in [2.24, 2.45) is 11.8 Å². The first-order chi connectivity index (χ1) is 28.8. The van der Waals surface area contributed by atoms with Gasteiger partial charge in [-0.3, -0.25) is 14.4 Å². The fourth-order valence-corrected chi connectivity index (χ4v) is 7.93. The van der Waals surface area contributed by atoms with E-state index in [-0.39, 0.29) is 31.1 Å². The molecule has 0 aliphatic carbocycles. The molecule has 0 amide bonds. The Bertz CT molecular complexity index is 904. The molecule has 0 aromatic heterocycles. The molecule has 0 spiro atoms. The molecule has 0 aliphatic rings. The fraction of sp³-hybridized carbons (Fsp3) is 0.943. The van der Waals surface area contributed by atoms with Gasteiger partial charge in [0.05, 0.1) is 0 Å². The molecule has 0 aromatic carbocycles. The third-order valence-electron chi connectivity index (χ3n) is 12.7. The zero-order valence-corrected chi connectivity index (χ0v) is 40.4. The summed E-state index contributed by atoms with van der Waals surface area (Å²) in [7, 11) is 0. The van der Waals surface area contributed by atoms with Crippen molar-refractivity contribution in [1.29, 1.82) is 0 Å². The van der Waals surface area contributed by atoms with Gasteiger partial charge in [-0.15, -0.1) is 0 Å². The summed E-state index contributed by atoms with van der Waals surface area (Å²) in [6, 6.07) is 0. The summed E-state index contributed by atoms with van der Waals surface area (Å²) < 4.78 is 16.7. The molecule has 0 bridgehead atoms. The van der Waals surface area contributed by atoms with Crippen LogP contribution in [-0.4, -0.2) is 37.2 Å². The van der Waals surface area contributed by atoms with Crippen LogP contribution in [0.25, 0.3) is 0 Å². The van der Waals surface area contributed by atoms with Crippen LogP contribution in [0, 0.1) is 11.8 Å². The molecule has 6 heteroatoms. The third kappa shape index (κ3) is 44.3. The van der Waals surface area contributed by atoms with Gasteiger partial charge < -0.3 is 14.2 Å². The van der Waals surface area contributed by atoms with E-state index in [9.17, 15) is 14.4 Å². The molecular formula is C53H102O6. The number of hydrogen-bond donors (Lipinski definition) is 0. The van der Waals surface area contributed by atoms with Gasteiger partial charge in [0.2, 0.25) is 0 Å². The van der Waals surface area contributed by atoms with E-state index in [4.69, 9.17) is 14.2 Å². The molecular weight excluding hydrogens is 733 g/mol. The van der Waals surface area contributed by atoms with Crippen LogP contribution in [-0.2, 0) is 28.6 Å². The SMILES string of the molecule is CCCCCCCCCC(=O)O[C@H](COC(=O)CCCCCCCCCCCCCCCCCCCCC(C)CC)COC(=O)CCCCCCCCCCC(C)CC. The highest BCUT2D eigenvalue weighted by atomic mass is 16.6. The summed E-state index contributed by atoms with van der Waals surface area (Å²) in [5.74, 6) is 0.901. The Balaban J connectivity index is 4.09. The average molecular weight is 835 g/mol. The zero-order chi connectivity index (χ0) is 43.3. The maximum Gasteiger partial charge on any atom is 0.306 e. The largest absolute Gasteiger partial charge is 0.462 e. The Morgan fingerprint density at radius 3 is 0.881 bits per heavy atom. The van der Waals surface area contributed by atoms with Gasteiger partial charge in [-0.1, -0.05) is 253 Å². The molecule has 2 unspecified atom stereocenters. The molecule has 6 nitrogen and oxygen atoms in total. The molecule has 0 N–H and O–H groups in total. The first kappa shape index (κ1) is 57.4. The standard InChI is InChI=1S/C53H102O6/c1-6-9-10-11-26-35-40-45-53(56)59-50(47-58-52(55)44-39-34-30-25-24-28-32-37-42-49(5)8-3)46-57-51(54)43-38-33-29-23-21-19-17-15-13-12-14-16-18-20-22-27-31-36-41-48(4)7-2/h48-50H,6-47H2,1-5H3/t48?,49?,50-/m1/s1. The second-order valence-electron chi connectivity index (χ2n) is 18.6. The van der Waals surface area contributed by atoms with Crippen LogP contribution in [0.5, 0.6) is 0 Å². The quantitative estimate of drug-likeness (QED) is 0.0345. The Hall–Kier alpha value is -1.59. The van der Waals surface area contributed by atoms with E-state index in [1.54, 1.807) is 0 Å². The molecule has 0 radical (unpaired) electrons. The summed E-state index contributed by atoms with van der Waals surface area (Å²) in [5, 5.41) is 0. The Morgan fingerprint density at radius 2 is 0.593 bits per heavy atom. The van der Waals surface area contributed by atoms with E-state index in [0.717, 1.165) is 69.6 Å². The van der Waals surface area contributed by atoms with Gasteiger partial charge in [0.1, 0.15) is 13.2 Å². The van der Waals surface area contributed by atoms with Gasteiger partial charge in [0, 0.05) is 19.3 Å². The summed E-state index contributed by atoms with van der Waals surface area (Å²) in [6.45, 7) is 11.4. The van der Waals surface area contributed by atoms with Crippen molar-refractivity contribution in [3.05, 3.63) is 0 Å². The van der Waals surface area contributed by atoms with Crippen molar-refractivity contribution in [3.8, 4) is 0 Å². The molecule has 0 saturated heterocycles. The van der Waals surface area contributed by atoms with Crippen LogP contribution >= 0.6 is 0 Å². The predicted octanol–water partition coefficient (Wildman–Crippen LogP) is 16.9. The van der Waals surface area contributed by atoms with Gasteiger partial charge >= 0.3 is 17.9 Å². The predicted molar refractivity (Wildman–Crippen MR) is 252 cm³/mol. The minimum atomic E-state index is -0.760. The third-order valence-corrected chi connectivity index (χ3v) is 12.7. The summed E-state index contributed by atoms with van der Waals surface area (Å²) in [6.07, 6.45) is 46.7. The highest BCUT2D eigenvalue weighted by Gasteiger charge is 2.19. The minimum absolute atomic E-state index is 0.0645. The van der Waals surface area contributed by atoms with Crippen molar-refractivity contribution < 1.29 is 28.6 Å². The lowest BCUT2D eigenvalue weighted by atomic mass is 9.99. The fourth-order valence-electron chi connectivity index (χ4n) is 7.93. The second kappa shape index (κ2) is 45.9. The van der Waals surface area contributed by atoms with E-state index >= 15 is 0 Å². The second-order valence-corrected chi connectivity index (χ2v) is 18.6. The normalized spacial score (nSPS) is 13.0. The summed E-state index contributed by atoms with van der Waals surface area (Å²) in [5.41, 5.74) is 0. The molecule has 59 heavy (non-hydrogen) atoms. The van der Waals surface area contributed by atoms with E-state index < -0.39 is 6.10 Å². The van der Waals surface area contributed by atoms with Gasteiger partial charge in [-0.2, -0.15) is 0 Å². The topological polar surface area (TPSA) is 78.9 Å². The van der Waals surface area contributed by atoms with E-state index in [1.807, 2.05) is 0 Å². The molecule has 0 rings (SSSR count). The van der Waals surface area contributed by atoms with Crippen molar-refractivity contribution >= 4 is 17.9 Å². The van der Waals surface area contributed by atoms with Crippen LogP contribution in [0.1, 0.15) is 291 Å². The summed E-state index contributed by atoms with van der Waals surface area (Å²) >= 11 is 0. The number of hydrogen-bond acceptors (Lipinski definition) is 6. The molecule has 350 valence electrons. The van der Waals surface area contributed by atoms with Crippen LogP contribution < -0.4 is 0 Å². The molecule has 0 heterocycles. The zero-order valence-electron chi connectivity index (χ0n) is 40.4. The van der Waals surface area contributed by atoms with E-state index in [2.05, 4.69) is 34.6 Å². The highest BCUT2D eigenvalue weighted by molar-refractivity contribution is 5.71. The number of ether oxygens (including phenoxy) is 3. The van der Waals surface area contributed by atoms with E-state index in [0.29, 0.717) is 19.3 Å². The van der Waals surface area contributed by atoms with Crippen LogP contribution in [0.3, 0.4) is 0 Å². The van der Waals surface area contributed by atoms with Crippen molar-refractivity contribution in [3.63, 3.8) is 0 Å². The van der Waals surface area contributed by atoms with Crippen molar-refractivity contribution in [1.82, 2.24) is 0 Å². The van der Waals surface area contributed by atoms with Crippen LogP contribution in [0.2, 0.25) is 0 Å². The smallest absolute Gasteiger partial charge is 0.306 e. The van der Waals surface area contributed by atoms with Gasteiger partial charge in [0.25, 0.3) is 0 Å². The van der Waals surface area contributed by atoms with Crippen LogP contribution in [0.15, 0.2) is 0 Å². The highest BCUT2D eigenvalue weighted by Crippen LogP contribution is 2.18. The number of carbonyl (C=O) groups is 3. The maximum atomic E-state index is 12.7. The molecule has 0 saturated carbocycles. The lowest BCUT2D eigenvalue weighted by molar-refractivity contribution is -0.167. The van der Waals surface area contributed by atoms with Crippen LogP contribution in [0.4, 0.5) is 0 Å². The monoisotopic (exact) mass is 835 g/mol. The number of unbranched alkanes of at least 4 members (excludes halogenated alkanes) is 30. The van der Waals surface area contributed by atoms with Crippen molar-refractivity contribution in [2.45, 2.75) is 298 Å². The maximum absolute atomic E-state index is 12.7. The lowest BCUT2D eigenvalue weighted by Crippen LogP contribution is -2.30. The average Bonchev–Trinajstić information content (AvgIpc) is 3.23. The number of carbonyl (C=O) groups excluding carboxylic acids is 3. The molecule has 0 fully saturated rings. The molecule has 3 atom stereocenters. The Labute approximate surface area is 368 Å². The molecule has 0 aromatic rings.